The molecule has 5 nitrogen and oxygen atoms in total. The van der Waals surface area contributed by atoms with E-state index >= 15 is 0 Å². The van der Waals surface area contributed by atoms with Crippen LogP contribution in [0.2, 0.25) is 0 Å². The predicted octanol–water partition coefficient (Wildman–Crippen LogP) is 6.17. The molecular weight excluding hydrogens is 478 g/mol. The van der Waals surface area contributed by atoms with Gasteiger partial charge in [-0.25, -0.2) is 0 Å². The number of rotatable bonds is 10. The maximum absolute atomic E-state index is 11.6. The largest absolute Gasteiger partial charge is 0.355 e. The molecular formula is C27H38BrN3O2. The third-order valence-corrected chi connectivity index (χ3v) is 5.71. The molecule has 1 heterocycles. The van der Waals surface area contributed by atoms with Gasteiger partial charge in [0, 0.05) is 62.1 Å². The van der Waals surface area contributed by atoms with E-state index in [2.05, 4.69) is 71.0 Å². The first-order valence-corrected chi connectivity index (χ1v) is 12.1. The Hall–Kier alpha value is -2.60. The molecule has 0 aliphatic rings. The molecule has 2 amide bonds. The van der Waals surface area contributed by atoms with E-state index in [1.807, 2.05) is 31.3 Å². The van der Waals surface area contributed by atoms with Crippen LogP contribution in [0.3, 0.4) is 0 Å². The third kappa shape index (κ3) is 9.82. The van der Waals surface area contributed by atoms with Gasteiger partial charge in [-0.3, -0.25) is 9.59 Å². The summed E-state index contributed by atoms with van der Waals surface area (Å²) in [6.07, 6.45) is 5.80. The van der Waals surface area contributed by atoms with Gasteiger partial charge >= 0.3 is 0 Å². The molecule has 0 spiro atoms. The number of nitrogens with one attached hydrogen (secondary N) is 1. The van der Waals surface area contributed by atoms with Crippen molar-refractivity contribution in [2.24, 2.45) is 0 Å². The summed E-state index contributed by atoms with van der Waals surface area (Å²) < 4.78 is 3.16. The Kier molecular flexibility index (Phi) is 12.5. The molecule has 0 fully saturated rings. The highest BCUT2D eigenvalue weighted by Crippen LogP contribution is 2.28. The molecule has 0 saturated carbocycles. The van der Waals surface area contributed by atoms with Crippen LogP contribution in [-0.2, 0) is 16.1 Å². The molecule has 1 aromatic carbocycles. The van der Waals surface area contributed by atoms with Crippen LogP contribution >= 0.6 is 15.9 Å². The van der Waals surface area contributed by atoms with Gasteiger partial charge in [0.2, 0.25) is 11.8 Å². The van der Waals surface area contributed by atoms with Crippen molar-refractivity contribution in [1.29, 1.82) is 0 Å². The van der Waals surface area contributed by atoms with Gasteiger partial charge in [0.25, 0.3) is 0 Å². The molecule has 1 atom stereocenters. The molecule has 0 saturated heterocycles. The Labute approximate surface area is 207 Å². The smallest absolute Gasteiger partial charge is 0.219 e. The number of amides is 2. The van der Waals surface area contributed by atoms with E-state index in [0.717, 1.165) is 29.4 Å². The minimum atomic E-state index is -0.0173. The summed E-state index contributed by atoms with van der Waals surface area (Å²) in [6.45, 7) is 16.8. The number of hydrogen-bond donors (Lipinski definition) is 1. The number of hydrogen-bond acceptors (Lipinski definition) is 2. The summed E-state index contributed by atoms with van der Waals surface area (Å²) in [6, 6.07) is 10.5. The van der Waals surface area contributed by atoms with Gasteiger partial charge in [-0.2, -0.15) is 0 Å². The molecule has 0 radical (unpaired) electrons. The average molecular weight is 517 g/mol. The van der Waals surface area contributed by atoms with Crippen molar-refractivity contribution in [3.63, 3.8) is 0 Å². The van der Waals surface area contributed by atoms with Gasteiger partial charge in [0.05, 0.1) is 0 Å². The standard InChI is InChI=1S/C19H27N3O2.C8H11Br/c1-5-16(13-21(4)15(3)24)19-12-17-8-6-7-9-18(17)22(19)11-10-20-14(2)23;1-4-7(2)5-6-8(3)9/h6-9,12,16H,5,10-11,13H2,1-4H3,(H,20,23);5-6H,2-4H2,1H3/b;6-5-. The highest BCUT2D eigenvalue weighted by molar-refractivity contribution is 9.11. The summed E-state index contributed by atoms with van der Waals surface area (Å²) in [5, 5.41) is 4.06. The highest BCUT2D eigenvalue weighted by Gasteiger charge is 2.19. The van der Waals surface area contributed by atoms with Crippen molar-refractivity contribution in [1.82, 2.24) is 14.8 Å². The Balaban J connectivity index is 0.000000513. The van der Waals surface area contributed by atoms with Crippen molar-refractivity contribution >= 4 is 38.6 Å². The molecule has 1 unspecified atom stereocenters. The Morgan fingerprint density at radius 1 is 1.18 bits per heavy atom. The first-order valence-electron chi connectivity index (χ1n) is 11.3. The Morgan fingerprint density at radius 3 is 2.39 bits per heavy atom. The minimum Gasteiger partial charge on any atom is -0.355 e. The number of nitrogens with zero attached hydrogens (tertiary/aromatic N) is 2. The van der Waals surface area contributed by atoms with Crippen molar-refractivity contribution in [3.05, 3.63) is 71.4 Å². The summed E-state index contributed by atoms with van der Waals surface area (Å²) in [7, 11) is 1.84. The zero-order valence-electron chi connectivity index (χ0n) is 20.7. The van der Waals surface area contributed by atoms with Gasteiger partial charge in [0.1, 0.15) is 0 Å². The van der Waals surface area contributed by atoms with Crippen LogP contribution in [0.5, 0.6) is 0 Å². The molecule has 0 aliphatic carbocycles. The van der Waals surface area contributed by atoms with E-state index < -0.39 is 0 Å². The summed E-state index contributed by atoms with van der Waals surface area (Å²) in [5.74, 6) is 0.328. The van der Waals surface area contributed by atoms with Crippen LogP contribution < -0.4 is 5.32 Å². The van der Waals surface area contributed by atoms with Gasteiger partial charge in [-0.05, 0) is 36.4 Å². The molecule has 0 aliphatic heterocycles. The van der Waals surface area contributed by atoms with Gasteiger partial charge in [0.15, 0.2) is 0 Å². The molecule has 6 heteroatoms. The fourth-order valence-electron chi connectivity index (χ4n) is 3.38. The second-order valence-corrected chi connectivity index (χ2v) is 9.08. The van der Waals surface area contributed by atoms with Crippen molar-refractivity contribution in [3.8, 4) is 0 Å². The number of para-hydroxylation sites is 1. The minimum absolute atomic E-state index is 0.0173. The SMILES string of the molecule is C=C(Br)/C=C\C(=C)CC.CCC(CN(C)C(C)=O)c1cc2ccccc2n1CCNC(C)=O. The number of halogens is 1. The van der Waals surface area contributed by atoms with Crippen molar-refractivity contribution in [2.75, 3.05) is 20.1 Å². The van der Waals surface area contributed by atoms with E-state index in [-0.39, 0.29) is 17.7 Å². The number of fused-ring (bicyclic) bond motifs is 1. The molecule has 1 N–H and O–H groups in total. The number of carbonyl (C=O) groups excluding carboxylic acids is 2. The number of benzene rings is 1. The monoisotopic (exact) mass is 515 g/mol. The van der Waals surface area contributed by atoms with E-state index in [4.69, 9.17) is 0 Å². The average Bonchev–Trinajstić information content (AvgIpc) is 3.14. The molecule has 2 aromatic rings. The van der Waals surface area contributed by atoms with Crippen molar-refractivity contribution in [2.45, 2.75) is 53.0 Å². The van der Waals surface area contributed by atoms with E-state index in [1.54, 1.807) is 11.8 Å². The van der Waals surface area contributed by atoms with Crippen LogP contribution in [0, 0.1) is 0 Å². The zero-order chi connectivity index (χ0) is 25.0. The number of aromatic nitrogens is 1. The third-order valence-electron chi connectivity index (χ3n) is 5.45. The van der Waals surface area contributed by atoms with Crippen LogP contribution in [0.25, 0.3) is 10.9 Å². The van der Waals surface area contributed by atoms with Gasteiger partial charge < -0.3 is 14.8 Å². The molecule has 1 aromatic heterocycles. The maximum Gasteiger partial charge on any atom is 0.219 e. The highest BCUT2D eigenvalue weighted by atomic mass is 79.9. The fourth-order valence-corrected chi connectivity index (χ4v) is 3.51. The van der Waals surface area contributed by atoms with Gasteiger partial charge in [-0.15, -0.1) is 0 Å². The van der Waals surface area contributed by atoms with Gasteiger partial charge in [-0.1, -0.05) is 72.8 Å². The van der Waals surface area contributed by atoms with E-state index in [9.17, 15) is 9.59 Å². The molecule has 0 bridgehead atoms. The van der Waals surface area contributed by atoms with E-state index in [0.29, 0.717) is 13.1 Å². The second kappa shape index (κ2) is 14.5. The molecule has 180 valence electrons. The predicted molar refractivity (Wildman–Crippen MR) is 144 cm³/mol. The second-order valence-electron chi connectivity index (χ2n) is 8.06. The zero-order valence-corrected chi connectivity index (χ0v) is 22.2. The quantitative estimate of drug-likeness (QED) is 0.384. The lowest BCUT2D eigenvalue weighted by Crippen LogP contribution is -2.30. The van der Waals surface area contributed by atoms with Crippen LogP contribution in [0.1, 0.15) is 52.1 Å². The maximum atomic E-state index is 11.6. The Bertz CT molecular complexity index is 990. The topological polar surface area (TPSA) is 54.3 Å². The van der Waals surface area contributed by atoms with E-state index in [1.165, 1.54) is 23.5 Å². The van der Waals surface area contributed by atoms with Crippen LogP contribution in [0.4, 0.5) is 0 Å². The lowest BCUT2D eigenvalue weighted by molar-refractivity contribution is -0.127. The number of allylic oxidation sites excluding steroid dienone is 4. The first-order chi connectivity index (χ1) is 15.6. The number of likely N-dealkylation sites (N-methyl/N-ethyl adjacent to an activating group) is 1. The Morgan fingerprint density at radius 2 is 1.85 bits per heavy atom. The fraction of sp³-hybridized carbons (Fsp3) is 0.407. The van der Waals surface area contributed by atoms with Crippen LogP contribution in [-0.4, -0.2) is 41.4 Å². The molecule has 2 rings (SSSR count). The normalized spacial score (nSPS) is 11.6. The molecule has 33 heavy (non-hydrogen) atoms. The summed E-state index contributed by atoms with van der Waals surface area (Å²) >= 11 is 3.21. The lowest BCUT2D eigenvalue weighted by Gasteiger charge is -2.24. The van der Waals surface area contributed by atoms with Crippen molar-refractivity contribution < 1.29 is 9.59 Å². The summed E-state index contributed by atoms with van der Waals surface area (Å²) in [4.78, 5) is 24.5. The first kappa shape index (κ1) is 28.4. The number of carbonyl (C=O) groups is 2. The van der Waals surface area contributed by atoms with Crippen LogP contribution in [0.15, 0.2) is 65.7 Å². The lowest BCUT2D eigenvalue weighted by atomic mass is 10.0. The summed E-state index contributed by atoms with van der Waals surface area (Å²) in [5.41, 5.74) is 3.51.